The third-order valence-electron chi connectivity index (χ3n) is 3.92. The van der Waals surface area contributed by atoms with Gasteiger partial charge < -0.3 is 10.6 Å². The van der Waals surface area contributed by atoms with Gasteiger partial charge in [-0.05, 0) is 56.0 Å². The fourth-order valence-corrected chi connectivity index (χ4v) is 2.52. The van der Waals surface area contributed by atoms with Crippen molar-refractivity contribution in [3.63, 3.8) is 0 Å². The second-order valence-electron chi connectivity index (χ2n) is 5.71. The summed E-state index contributed by atoms with van der Waals surface area (Å²) in [5.41, 5.74) is 1.83. The maximum Gasteiger partial charge on any atom is 0.251 e. The molecule has 4 heteroatoms. The fraction of sp³-hybridized carbons (Fsp3) is 0.533. The molecule has 0 bridgehead atoms. The zero-order valence-corrected chi connectivity index (χ0v) is 12.3. The van der Waals surface area contributed by atoms with Crippen LogP contribution in [0.3, 0.4) is 0 Å². The number of hydrogen-bond donors (Lipinski definition) is 2. The highest BCUT2D eigenvalue weighted by atomic mass is 35.5. The van der Waals surface area contributed by atoms with Crippen LogP contribution in [-0.2, 0) is 0 Å². The molecule has 19 heavy (non-hydrogen) atoms. The number of aryl methyl sites for hydroxylation is 1. The molecular weight excluding hydrogens is 260 g/mol. The van der Waals surface area contributed by atoms with Gasteiger partial charge in [-0.3, -0.25) is 4.79 Å². The Kier molecular flexibility index (Phi) is 4.48. The van der Waals surface area contributed by atoms with E-state index in [1.54, 1.807) is 6.07 Å². The average Bonchev–Trinajstić information content (AvgIpc) is 2.40. The van der Waals surface area contributed by atoms with Crippen molar-refractivity contribution in [3.8, 4) is 0 Å². The second kappa shape index (κ2) is 5.93. The molecule has 0 atom stereocenters. The normalized spacial score (nSPS) is 18.1. The summed E-state index contributed by atoms with van der Waals surface area (Å²) >= 11 is 6.05. The molecule has 0 radical (unpaired) electrons. The van der Waals surface area contributed by atoms with Crippen molar-refractivity contribution in [3.05, 3.63) is 34.3 Å². The van der Waals surface area contributed by atoms with Crippen molar-refractivity contribution in [1.82, 2.24) is 10.6 Å². The SMILES string of the molecule is Cc1ccc(C(=O)NCC2(C)CCNCC2)cc1Cl. The Labute approximate surface area is 119 Å². The van der Waals surface area contributed by atoms with Gasteiger partial charge in [0.15, 0.2) is 0 Å². The van der Waals surface area contributed by atoms with Gasteiger partial charge in [0.1, 0.15) is 0 Å². The molecule has 1 aromatic carbocycles. The van der Waals surface area contributed by atoms with Gasteiger partial charge in [-0.1, -0.05) is 24.6 Å². The van der Waals surface area contributed by atoms with Crippen molar-refractivity contribution < 1.29 is 4.79 Å². The molecule has 104 valence electrons. The summed E-state index contributed by atoms with van der Waals surface area (Å²) < 4.78 is 0. The standard InChI is InChI=1S/C15H21ClN2O/c1-11-3-4-12(9-13(11)16)14(19)18-10-15(2)5-7-17-8-6-15/h3-4,9,17H,5-8,10H2,1-2H3,(H,18,19). The number of rotatable bonds is 3. The van der Waals surface area contributed by atoms with E-state index >= 15 is 0 Å². The minimum Gasteiger partial charge on any atom is -0.351 e. The van der Waals surface area contributed by atoms with E-state index in [0.717, 1.165) is 38.0 Å². The molecule has 0 spiro atoms. The van der Waals surface area contributed by atoms with E-state index < -0.39 is 0 Å². The first-order chi connectivity index (χ1) is 9.00. The highest BCUT2D eigenvalue weighted by Gasteiger charge is 2.27. The quantitative estimate of drug-likeness (QED) is 0.894. The van der Waals surface area contributed by atoms with Gasteiger partial charge >= 0.3 is 0 Å². The Hall–Kier alpha value is -1.06. The summed E-state index contributed by atoms with van der Waals surface area (Å²) in [7, 11) is 0. The van der Waals surface area contributed by atoms with E-state index in [1.807, 2.05) is 19.1 Å². The van der Waals surface area contributed by atoms with Crippen molar-refractivity contribution >= 4 is 17.5 Å². The Balaban J connectivity index is 1.95. The summed E-state index contributed by atoms with van der Waals surface area (Å²) in [5.74, 6) is -0.0401. The van der Waals surface area contributed by atoms with Crippen LogP contribution in [0.4, 0.5) is 0 Å². The van der Waals surface area contributed by atoms with Crippen molar-refractivity contribution in [2.24, 2.45) is 5.41 Å². The predicted octanol–water partition coefficient (Wildman–Crippen LogP) is 2.77. The minimum atomic E-state index is -0.0401. The van der Waals surface area contributed by atoms with E-state index in [2.05, 4.69) is 17.6 Å². The number of halogens is 1. The van der Waals surface area contributed by atoms with Gasteiger partial charge in [-0.15, -0.1) is 0 Å². The molecule has 2 N–H and O–H groups in total. The molecule has 0 unspecified atom stereocenters. The Morgan fingerprint density at radius 2 is 2.11 bits per heavy atom. The van der Waals surface area contributed by atoms with Crippen LogP contribution in [0.5, 0.6) is 0 Å². The smallest absolute Gasteiger partial charge is 0.251 e. The molecule has 2 rings (SSSR count). The van der Waals surface area contributed by atoms with Crippen LogP contribution < -0.4 is 10.6 Å². The van der Waals surface area contributed by atoms with E-state index in [0.29, 0.717) is 10.6 Å². The number of carbonyl (C=O) groups excluding carboxylic acids is 1. The number of nitrogens with one attached hydrogen (secondary N) is 2. The number of amides is 1. The monoisotopic (exact) mass is 280 g/mol. The van der Waals surface area contributed by atoms with Gasteiger partial charge in [0, 0.05) is 17.1 Å². The molecule has 0 aliphatic carbocycles. The first kappa shape index (κ1) is 14.4. The lowest BCUT2D eigenvalue weighted by Crippen LogP contribution is -2.42. The van der Waals surface area contributed by atoms with Crippen LogP contribution >= 0.6 is 11.6 Å². The van der Waals surface area contributed by atoms with Gasteiger partial charge in [0.05, 0.1) is 0 Å². The Morgan fingerprint density at radius 1 is 1.42 bits per heavy atom. The first-order valence-electron chi connectivity index (χ1n) is 6.75. The second-order valence-corrected chi connectivity index (χ2v) is 6.11. The zero-order valence-electron chi connectivity index (χ0n) is 11.6. The van der Waals surface area contributed by atoms with E-state index in [1.165, 1.54) is 0 Å². The summed E-state index contributed by atoms with van der Waals surface area (Å²) in [6, 6.07) is 5.43. The lowest BCUT2D eigenvalue weighted by Gasteiger charge is -2.34. The molecule has 1 amide bonds. The molecule has 1 aliphatic rings. The lowest BCUT2D eigenvalue weighted by molar-refractivity contribution is 0.0922. The number of hydrogen-bond acceptors (Lipinski definition) is 2. The lowest BCUT2D eigenvalue weighted by atomic mass is 9.81. The summed E-state index contributed by atoms with van der Waals surface area (Å²) in [4.78, 5) is 12.1. The van der Waals surface area contributed by atoms with Crippen molar-refractivity contribution in [2.45, 2.75) is 26.7 Å². The highest BCUT2D eigenvalue weighted by Crippen LogP contribution is 2.26. The third kappa shape index (κ3) is 3.71. The maximum absolute atomic E-state index is 12.1. The molecule has 1 saturated heterocycles. The van der Waals surface area contributed by atoms with E-state index in [4.69, 9.17) is 11.6 Å². The molecule has 1 aliphatic heterocycles. The minimum absolute atomic E-state index is 0.0401. The van der Waals surface area contributed by atoms with Crippen molar-refractivity contribution in [1.29, 1.82) is 0 Å². The van der Waals surface area contributed by atoms with Crippen LogP contribution in [-0.4, -0.2) is 25.5 Å². The number of benzene rings is 1. The van der Waals surface area contributed by atoms with Crippen LogP contribution in [0.15, 0.2) is 18.2 Å². The average molecular weight is 281 g/mol. The third-order valence-corrected chi connectivity index (χ3v) is 4.33. The summed E-state index contributed by atoms with van der Waals surface area (Å²) in [6.45, 7) is 6.95. The van der Waals surface area contributed by atoms with E-state index in [-0.39, 0.29) is 11.3 Å². The summed E-state index contributed by atoms with van der Waals surface area (Å²) in [5, 5.41) is 7.01. The Morgan fingerprint density at radius 3 is 2.74 bits per heavy atom. The van der Waals surface area contributed by atoms with Gasteiger partial charge in [0.25, 0.3) is 5.91 Å². The summed E-state index contributed by atoms with van der Waals surface area (Å²) in [6.07, 6.45) is 2.20. The molecule has 1 aromatic rings. The predicted molar refractivity (Wildman–Crippen MR) is 78.7 cm³/mol. The Bertz CT molecular complexity index is 467. The van der Waals surface area contributed by atoms with Crippen LogP contribution in [0.25, 0.3) is 0 Å². The van der Waals surface area contributed by atoms with Crippen LogP contribution in [0, 0.1) is 12.3 Å². The molecule has 3 nitrogen and oxygen atoms in total. The number of carbonyl (C=O) groups is 1. The van der Waals surface area contributed by atoms with Gasteiger partial charge in [-0.25, -0.2) is 0 Å². The van der Waals surface area contributed by atoms with Crippen molar-refractivity contribution in [2.75, 3.05) is 19.6 Å². The molecule has 1 heterocycles. The molecular formula is C15H21ClN2O. The van der Waals surface area contributed by atoms with E-state index in [9.17, 15) is 4.79 Å². The molecule has 0 saturated carbocycles. The van der Waals surface area contributed by atoms with Crippen LogP contribution in [0.2, 0.25) is 5.02 Å². The molecule has 0 aromatic heterocycles. The van der Waals surface area contributed by atoms with Gasteiger partial charge in [-0.2, -0.15) is 0 Å². The maximum atomic E-state index is 12.1. The molecule has 1 fully saturated rings. The zero-order chi connectivity index (χ0) is 13.9. The number of piperidine rings is 1. The topological polar surface area (TPSA) is 41.1 Å². The largest absolute Gasteiger partial charge is 0.351 e. The first-order valence-corrected chi connectivity index (χ1v) is 7.13. The van der Waals surface area contributed by atoms with Gasteiger partial charge in [0.2, 0.25) is 0 Å². The fourth-order valence-electron chi connectivity index (χ4n) is 2.34. The van der Waals surface area contributed by atoms with Crippen LogP contribution in [0.1, 0.15) is 35.7 Å². The highest BCUT2D eigenvalue weighted by molar-refractivity contribution is 6.31.